The van der Waals surface area contributed by atoms with Crippen LogP contribution in [0.15, 0.2) is 16.7 Å². The van der Waals surface area contributed by atoms with Gasteiger partial charge in [-0.25, -0.2) is 4.98 Å². The van der Waals surface area contributed by atoms with Crippen molar-refractivity contribution in [3.05, 3.63) is 22.3 Å². The Morgan fingerprint density at radius 1 is 1.56 bits per heavy atom. The molecule has 2 heterocycles. The maximum absolute atomic E-state index is 9.39. The van der Waals surface area contributed by atoms with E-state index in [1.54, 1.807) is 0 Å². The molecule has 88 valence electrons. The minimum atomic E-state index is 0.219. The Kier molecular flexibility index (Phi) is 3.82. The molecule has 1 aliphatic rings. The molecule has 0 saturated carbocycles. The number of hydrogen-bond acceptors (Lipinski definition) is 3. The summed E-state index contributed by atoms with van der Waals surface area (Å²) < 4.78 is 1.01. The van der Waals surface area contributed by atoms with Crippen LogP contribution in [-0.2, 0) is 0 Å². The lowest BCUT2D eigenvalue weighted by Gasteiger charge is -2.36. The van der Waals surface area contributed by atoms with Gasteiger partial charge in [0, 0.05) is 17.2 Å². The highest BCUT2D eigenvalue weighted by Crippen LogP contribution is 2.27. The Bertz CT molecular complexity index is 370. The fraction of sp³-hybridized carbons (Fsp3) is 0.583. The quantitative estimate of drug-likeness (QED) is 0.907. The first-order valence-electron chi connectivity index (χ1n) is 5.72. The average molecular weight is 285 g/mol. The number of piperidine rings is 1. The molecule has 0 aromatic carbocycles. The number of pyridine rings is 1. The predicted molar refractivity (Wildman–Crippen MR) is 68.7 cm³/mol. The lowest BCUT2D eigenvalue weighted by atomic mass is 10.0. The second-order valence-corrected chi connectivity index (χ2v) is 5.24. The lowest BCUT2D eigenvalue weighted by Crippen LogP contribution is -2.42. The molecule has 0 radical (unpaired) electrons. The van der Waals surface area contributed by atoms with Crippen LogP contribution in [0.4, 0.5) is 5.82 Å². The van der Waals surface area contributed by atoms with Crippen LogP contribution in [0.1, 0.15) is 24.8 Å². The van der Waals surface area contributed by atoms with Crippen molar-refractivity contribution in [3.63, 3.8) is 0 Å². The number of rotatable bonds is 2. The summed E-state index contributed by atoms with van der Waals surface area (Å²) in [7, 11) is 0. The van der Waals surface area contributed by atoms with E-state index in [-0.39, 0.29) is 12.6 Å². The largest absolute Gasteiger partial charge is 0.394 e. The van der Waals surface area contributed by atoms with Crippen molar-refractivity contribution >= 4 is 21.7 Å². The monoisotopic (exact) mass is 284 g/mol. The Morgan fingerprint density at radius 2 is 2.38 bits per heavy atom. The number of aliphatic hydroxyl groups excluding tert-OH is 1. The Morgan fingerprint density at radius 3 is 3.06 bits per heavy atom. The van der Waals surface area contributed by atoms with Crippen LogP contribution in [0.5, 0.6) is 0 Å². The van der Waals surface area contributed by atoms with E-state index in [0.717, 1.165) is 28.8 Å². The van der Waals surface area contributed by atoms with Gasteiger partial charge in [-0.05, 0) is 53.7 Å². The van der Waals surface area contributed by atoms with Gasteiger partial charge in [-0.3, -0.25) is 0 Å². The maximum atomic E-state index is 9.39. The van der Waals surface area contributed by atoms with Gasteiger partial charge in [0.05, 0.1) is 12.6 Å². The van der Waals surface area contributed by atoms with Crippen molar-refractivity contribution in [2.45, 2.75) is 32.2 Å². The molecule has 1 aromatic rings. The summed E-state index contributed by atoms with van der Waals surface area (Å²) in [6.07, 6.45) is 5.28. The third-order valence-electron chi connectivity index (χ3n) is 3.13. The van der Waals surface area contributed by atoms with Crippen molar-refractivity contribution in [1.29, 1.82) is 0 Å². The second-order valence-electron chi connectivity index (χ2n) is 4.32. The summed E-state index contributed by atoms with van der Waals surface area (Å²) in [5.41, 5.74) is 1.16. The molecule has 4 heteroatoms. The van der Waals surface area contributed by atoms with Crippen LogP contribution in [0.25, 0.3) is 0 Å². The fourth-order valence-corrected chi connectivity index (χ4v) is 2.75. The number of nitrogens with zero attached hydrogens (tertiary/aromatic N) is 2. The molecule has 1 aromatic heterocycles. The highest BCUT2D eigenvalue weighted by atomic mass is 79.9. The molecule has 16 heavy (non-hydrogen) atoms. The first-order valence-corrected chi connectivity index (χ1v) is 6.51. The molecule has 1 atom stereocenters. The summed E-state index contributed by atoms with van der Waals surface area (Å²) in [6.45, 7) is 3.29. The van der Waals surface area contributed by atoms with Crippen molar-refractivity contribution in [2.24, 2.45) is 0 Å². The topological polar surface area (TPSA) is 36.4 Å². The molecule has 0 amide bonds. The molecule has 1 aliphatic heterocycles. The van der Waals surface area contributed by atoms with Crippen LogP contribution in [0.2, 0.25) is 0 Å². The predicted octanol–water partition coefficient (Wildman–Crippen LogP) is 2.50. The Hall–Kier alpha value is -0.610. The molecule has 3 nitrogen and oxygen atoms in total. The molecular formula is C12H17BrN2O. The van der Waals surface area contributed by atoms with E-state index in [9.17, 15) is 5.11 Å². The van der Waals surface area contributed by atoms with Gasteiger partial charge in [-0.2, -0.15) is 0 Å². The summed E-state index contributed by atoms with van der Waals surface area (Å²) in [6, 6.07) is 2.31. The summed E-state index contributed by atoms with van der Waals surface area (Å²) in [5.74, 6) is 1.02. The molecule has 0 spiro atoms. The van der Waals surface area contributed by atoms with Gasteiger partial charge < -0.3 is 10.0 Å². The number of aryl methyl sites for hydroxylation is 1. The zero-order valence-electron chi connectivity index (χ0n) is 9.49. The average Bonchev–Trinajstić information content (AvgIpc) is 2.29. The number of aliphatic hydroxyl groups is 1. The molecule has 0 aliphatic carbocycles. The van der Waals surface area contributed by atoms with Crippen molar-refractivity contribution in [3.8, 4) is 0 Å². The Labute approximate surface area is 105 Å². The number of aromatic nitrogens is 1. The van der Waals surface area contributed by atoms with Crippen LogP contribution in [0, 0.1) is 6.92 Å². The first-order chi connectivity index (χ1) is 7.72. The van der Waals surface area contributed by atoms with Gasteiger partial charge in [0.1, 0.15) is 5.82 Å². The van der Waals surface area contributed by atoms with E-state index >= 15 is 0 Å². The molecule has 2 rings (SSSR count). The molecule has 0 bridgehead atoms. The normalized spacial score (nSPS) is 21.2. The first kappa shape index (κ1) is 11.9. The van der Waals surface area contributed by atoms with Gasteiger partial charge in [-0.15, -0.1) is 0 Å². The van der Waals surface area contributed by atoms with E-state index in [1.807, 2.05) is 6.20 Å². The van der Waals surface area contributed by atoms with Crippen LogP contribution >= 0.6 is 15.9 Å². The highest BCUT2D eigenvalue weighted by Gasteiger charge is 2.23. The van der Waals surface area contributed by atoms with Crippen molar-refractivity contribution in [1.82, 2.24) is 4.98 Å². The van der Waals surface area contributed by atoms with Gasteiger partial charge >= 0.3 is 0 Å². The molecule has 1 saturated heterocycles. The van der Waals surface area contributed by atoms with Crippen LogP contribution in [0.3, 0.4) is 0 Å². The van der Waals surface area contributed by atoms with Gasteiger partial charge in [0.15, 0.2) is 0 Å². The maximum Gasteiger partial charge on any atom is 0.131 e. The van der Waals surface area contributed by atoms with E-state index in [4.69, 9.17) is 0 Å². The zero-order chi connectivity index (χ0) is 11.5. The minimum absolute atomic E-state index is 0.219. The van der Waals surface area contributed by atoms with E-state index in [2.05, 4.69) is 38.8 Å². The van der Waals surface area contributed by atoms with E-state index < -0.39 is 0 Å². The standard InChI is InChI=1S/C12H17BrN2O/c1-9-6-10(13)7-14-12(9)15-5-3-2-4-11(15)8-16/h6-7,11,16H,2-5,8H2,1H3. The molecule has 1 unspecified atom stereocenters. The molecule has 1 N–H and O–H groups in total. The van der Waals surface area contributed by atoms with Gasteiger partial charge in [-0.1, -0.05) is 0 Å². The third-order valence-corrected chi connectivity index (χ3v) is 3.56. The van der Waals surface area contributed by atoms with E-state index in [0.29, 0.717) is 0 Å². The highest BCUT2D eigenvalue weighted by molar-refractivity contribution is 9.10. The van der Waals surface area contributed by atoms with E-state index in [1.165, 1.54) is 12.8 Å². The third kappa shape index (κ3) is 2.38. The van der Waals surface area contributed by atoms with Crippen molar-refractivity contribution < 1.29 is 5.11 Å². The van der Waals surface area contributed by atoms with Crippen molar-refractivity contribution in [2.75, 3.05) is 18.1 Å². The fourth-order valence-electron chi connectivity index (χ4n) is 2.30. The van der Waals surface area contributed by atoms with Crippen LogP contribution in [-0.4, -0.2) is 29.3 Å². The number of anilines is 1. The zero-order valence-corrected chi connectivity index (χ0v) is 11.1. The molecule has 1 fully saturated rings. The summed E-state index contributed by atoms with van der Waals surface area (Å²) in [4.78, 5) is 6.71. The lowest BCUT2D eigenvalue weighted by molar-refractivity contribution is 0.239. The van der Waals surface area contributed by atoms with Crippen LogP contribution < -0.4 is 4.90 Å². The summed E-state index contributed by atoms with van der Waals surface area (Å²) >= 11 is 3.42. The smallest absolute Gasteiger partial charge is 0.131 e. The van der Waals surface area contributed by atoms with Gasteiger partial charge in [0.25, 0.3) is 0 Å². The summed E-state index contributed by atoms with van der Waals surface area (Å²) in [5, 5.41) is 9.39. The SMILES string of the molecule is Cc1cc(Br)cnc1N1CCCCC1CO. The molecular weight excluding hydrogens is 268 g/mol. The Balaban J connectivity index is 2.27. The number of hydrogen-bond donors (Lipinski definition) is 1. The number of halogens is 1. The second kappa shape index (κ2) is 5.15. The van der Waals surface area contributed by atoms with Gasteiger partial charge in [0.2, 0.25) is 0 Å². The minimum Gasteiger partial charge on any atom is -0.394 e.